The van der Waals surface area contributed by atoms with Crippen molar-refractivity contribution in [2.24, 2.45) is 5.92 Å². The third kappa shape index (κ3) is 4.31. The first kappa shape index (κ1) is 16.1. The van der Waals surface area contributed by atoms with Crippen LogP contribution in [0, 0.1) is 5.92 Å². The van der Waals surface area contributed by atoms with Crippen LogP contribution in [0.3, 0.4) is 0 Å². The summed E-state index contributed by atoms with van der Waals surface area (Å²) in [5.41, 5.74) is 0. The summed E-state index contributed by atoms with van der Waals surface area (Å²) in [5, 5.41) is 1.76. The number of hydrogen-bond donors (Lipinski definition) is 1. The summed E-state index contributed by atoms with van der Waals surface area (Å²) in [4.78, 5) is 1.98. The Morgan fingerprint density at radius 1 is 1.44 bits per heavy atom. The fourth-order valence-electron chi connectivity index (χ4n) is 1.50. The summed E-state index contributed by atoms with van der Waals surface area (Å²) in [7, 11) is 0.428. The van der Waals surface area contributed by atoms with Crippen LogP contribution in [0.5, 0.6) is 0 Å². The van der Waals surface area contributed by atoms with E-state index in [0.717, 1.165) is 0 Å². The molecule has 0 aliphatic rings. The lowest BCUT2D eigenvalue weighted by atomic mass is 10.1. The van der Waals surface area contributed by atoms with E-state index in [1.807, 2.05) is 32.8 Å². The summed E-state index contributed by atoms with van der Waals surface area (Å²) in [6.45, 7) is 4.71. The molecule has 1 atom stereocenters. The van der Waals surface area contributed by atoms with Crippen molar-refractivity contribution in [1.29, 1.82) is 0 Å². The highest BCUT2D eigenvalue weighted by Gasteiger charge is 2.25. The second kappa shape index (κ2) is 6.47. The summed E-state index contributed by atoms with van der Waals surface area (Å²) in [6.07, 6.45) is 0. The smallest absolute Gasteiger partial charge is 0.251 e. The normalized spacial score (nSPS) is 14.4. The summed E-state index contributed by atoms with van der Waals surface area (Å²) < 4.78 is 28.3. The van der Waals surface area contributed by atoms with Gasteiger partial charge in [-0.3, -0.25) is 0 Å². The van der Waals surface area contributed by atoms with Gasteiger partial charge in [0.1, 0.15) is 4.21 Å². The molecule has 0 saturated carbocycles. The Labute approximate surface area is 122 Å². The number of hydrogen-bond acceptors (Lipinski definition) is 4. The molecule has 0 aromatic carbocycles. The second-order valence-electron chi connectivity index (χ2n) is 4.79. The molecule has 0 fully saturated rings. The maximum absolute atomic E-state index is 12.3. The minimum atomic E-state index is -3.44. The van der Waals surface area contributed by atoms with Crippen LogP contribution in [-0.4, -0.2) is 40.0 Å². The number of nitrogens with one attached hydrogen (secondary N) is 1. The maximum Gasteiger partial charge on any atom is 0.251 e. The Hall–Kier alpha value is 0.0500. The summed E-state index contributed by atoms with van der Waals surface area (Å²) in [5.74, 6) is 0.237. The van der Waals surface area contributed by atoms with Gasteiger partial charge in [-0.25, -0.2) is 13.1 Å². The molecule has 1 N–H and O–H groups in total. The van der Waals surface area contributed by atoms with Crippen LogP contribution in [0.25, 0.3) is 0 Å². The maximum atomic E-state index is 12.3. The lowest BCUT2D eigenvalue weighted by Gasteiger charge is -2.25. The molecule has 18 heavy (non-hydrogen) atoms. The topological polar surface area (TPSA) is 49.4 Å². The molecular weight excluding hydrogens is 336 g/mol. The van der Waals surface area contributed by atoms with Crippen molar-refractivity contribution in [3.63, 3.8) is 0 Å². The molecule has 0 saturated heterocycles. The average Bonchev–Trinajstić information content (AvgIpc) is 2.62. The monoisotopic (exact) mass is 354 g/mol. The van der Waals surface area contributed by atoms with Gasteiger partial charge in [0, 0.05) is 17.1 Å². The van der Waals surface area contributed by atoms with Gasteiger partial charge in [-0.05, 0) is 47.4 Å². The first-order valence-electron chi connectivity index (χ1n) is 5.64. The van der Waals surface area contributed by atoms with Gasteiger partial charge in [0.15, 0.2) is 0 Å². The van der Waals surface area contributed by atoms with Crippen LogP contribution in [-0.2, 0) is 10.0 Å². The van der Waals surface area contributed by atoms with E-state index in [-0.39, 0.29) is 12.0 Å². The van der Waals surface area contributed by atoms with Crippen LogP contribution in [0.4, 0.5) is 0 Å². The minimum absolute atomic E-state index is 0.0981. The number of likely N-dealkylation sites (N-methyl/N-ethyl adjacent to an activating group) is 1. The first-order chi connectivity index (χ1) is 8.24. The molecule has 104 valence electrons. The van der Waals surface area contributed by atoms with Gasteiger partial charge >= 0.3 is 0 Å². The zero-order valence-corrected chi connectivity index (χ0v) is 14.2. The largest absolute Gasteiger partial charge is 0.308 e. The first-order valence-corrected chi connectivity index (χ1v) is 8.79. The number of rotatable bonds is 6. The average molecular weight is 355 g/mol. The lowest BCUT2D eigenvalue weighted by molar-refractivity contribution is 0.314. The minimum Gasteiger partial charge on any atom is -0.308 e. The van der Waals surface area contributed by atoms with Gasteiger partial charge in [-0.2, -0.15) is 0 Å². The molecule has 0 aliphatic carbocycles. The molecule has 0 spiro atoms. The molecule has 1 aromatic heterocycles. The fraction of sp³-hybridized carbons (Fsp3) is 0.636. The van der Waals surface area contributed by atoms with E-state index >= 15 is 0 Å². The van der Waals surface area contributed by atoms with E-state index in [1.165, 1.54) is 11.3 Å². The van der Waals surface area contributed by atoms with Crippen LogP contribution in [0.15, 0.2) is 20.1 Å². The molecule has 1 unspecified atom stereocenters. The predicted molar refractivity (Wildman–Crippen MR) is 79.5 cm³/mol. The Morgan fingerprint density at radius 2 is 2.06 bits per heavy atom. The van der Waals surface area contributed by atoms with Gasteiger partial charge in [0.2, 0.25) is 0 Å². The van der Waals surface area contributed by atoms with Gasteiger partial charge in [0.05, 0.1) is 0 Å². The summed E-state index contributed by atoms with van der Waals surface area (Å²) >= 11 is 4.48. The van der Waals surface area contributed by atoms with Crippen LogP contribution in [0.2, 0.25) is 0 Å². The number of halogens is 1. The lowest BCUT2D eigenvalue weighted by Crippen LogP contribution is -2.44. The van der Waals surface area contributed by atoms with Crippen LogP contribution >= 0.6 is 27.3 Å². The van der Waals surface area contributed by atoms with Crippen LogP contribution < -0.4 is 4.72 Å². The third-order valence-electron chi connectivity index (χ3n) is 2.50. The molecule has 7 heteroatoms. The molecule has 1 rings (SSSR count). The molecule has 1 aromatic rings. The quantitative estimate of drug-likeness (QED) is 0.852. The molecule has 1 heterocycles. The van der Waals surface area contributed by atoms with E-state index < -0.39 is 10.0 Å². The van der Waals surface area contributed by atoms with Crippen molar-refractivity contribution in [2.45, 2.75) is 24.1 Å². The van der Waals surface area contributed by atoms with Crippen molar-refractivity contribution in [3.8, 4) is 0 Å². The zero-order valence-electron chi connectivity index (χ0n) is 11.0. The Kier molecular flexibility index (Phi) is 5.79. The van der Waals surface area contributed by atoms with Crippen molar-refractivity contribution >= 4 is 37.3 Å². The molecule has 0 bridgehead atoms. The molecule has 0 aliphatic heterocycles. The van der Waals surface area contributed by atoms with Crippen molar-refractivity contribution < 1.29 is 8.42 Å². The van der Waals surface area contributed by atoms with Crippen LogP contribution in [0.1, 0.15) is 13.8 Å². The van der Waals surface area contributed by atoms with Crippen molar-refractivity contribution in [3.05, 3.63) is 15.9 Å². The molecule has 0 radical (unpaired) electrons. The fourth-order valence-corrected chi connectivity index (χ4v) is 5.23. The van der Waals surface area contributed by atoms with E-state index in [4.69, 9.17) is 0 Å². The van der Waals surface area contributed by atoms with Crippen molar-refractivity contribution in [2.75, 3.05) is 20.6 Å². The number of sulfonamides is 1. The van der Waals surface area contributed by atoms with Gasteiger partial charge in [0.25, 0.3) is 10.0 Å². The highest BCUT2D eigenvalue weighted by molar-refractivity contribution is 9.10. The Bertz CT molecular complexity index is 483. The standard InChI is InChI=1S/C11H19BrN2O2S2/c1-8(2)10(7-14(3)4)13-18(15,16)11-9(12)5-6-17-11/h5-6,8,10,13H,7H2,1-4H3. The van der Waals surface area contributed by atoms with Gasteiger partial charge < -0.3 is 4.90 Å². The number of nitrogens with zero attached hydrogens (tertiary/aromatic N) is 1. The summed E-state index contributed by atoms with van der Waals surface area (Å²) in [6, 6.07) is 1.65. The SMILES string of the molecule is CC(C)C(CN(C)C)NS(=O)(=O)c1sccc1Br. The molecule has 0 amide bonds. The van der Waals surface area contributed by atoms with E-state index in [9.17, 15) is 8.42 Å². The molecular formula is C11H19BrN2O2S2. The molecule has 4 nitrogen and oxygen atoms in total. The highest BCUT2D eigenvalue weighted by atomic mass is 79.9. The highest BCUT2D eigenvalue weighted by Crippen LogP contribution is 2.27. The number of thiophene rings is 1. The van der Waals surface area contributed by atoms with E-state index in [2.05, 4.69) is 20.7 Å². The van der Waals surface area contributed by atoms with Crippen molar-refractivity contribution in [1.82, 2.24) is 9.62 Å². The Balaban J connectivity index is 2.90. The second-order valence-corrected chi connectivity index (χ2v) is 8.47. The Morgan fingerprint density at radius 3 is 2.44 bits per heavy atom. The zero-order chi connectivity index (χ0) is 13.9. The van der Waals surface area contributed by atoms with Gasteiger partial charge in [-0.1, -0.05) is 13.8 Å². The van der Waals surface area contributed by atoms with E-state index in [1.54, 1.807) is 11.4 Å². The predicted octanol–water partition coefficient (Wildman–Crippen LogP) is 2.38. The third-order valence-corrected chi connectivity index (χ3v) is 6.66. The van der Waals surface area contributed by atoms with Gasteiger partial charge in [-0.15, -0.1) is 11.3 Å². The van der Waals surface area contributed by atoms with E-state index in [0.29, 0.717) is 15.2 Å².